The van der Waals surface area contributed by atoms with Crippen molar-refractivity contribution in [1.82, 2.24) is 0 Å². The van der Waals surface area contributed by atoms with Gasteiger partial charge in [0.1, 0.15) is 6.29 Å². The molecule has 0 aromatic carbocycles. The summed E-state index contributed by atoms with van der Waals surface area (Å²) in [6.45, 7) is 0. The molecule has 0 aromatic heterocycles. The van der Waals surface area contributed by atoms with Crippen LogP contribution in [0.3, 0.4) is 0 Å². The Morgan fingerprint density at radius 3 is 2.92 bits per heavy atom. The van der Waals surface area contributed by atoms with E-state index in [-0.39, 0.29) is 0 Å². The Morgan fingerprint density at radius 2 is 2.46 bits per heavy atom. The van der Waals surface area contributed by atoms with Gasteiger partial charge < -0.3 is 5.11 Å². The van der Waals surface area contributed by atoms with Crippen molar-refractivity contribution in [3.05, 3.63) is 23.8 Å². The number of carbonyl (C=O) groups excluding carboxylic acids is 1. The fourth-order valence-electron chi connectivity index (χ4n) is 1.33. The number of hydrogen-bond donors (Lipinski definition) is 1. The van der Waals surface area contributed by atoms with Gasteiger partial charge in [-0.15, -0.1) is 11.6 Å². The van der Waals surface area contributed by atoms with Gasteiger partial charge in [0.05, 0.1) is 5.60 Å². The van der Waals surface area contributed by atoms with Gasteiger partial charge in [0.15, 0.2) is 0 Å². The molecule has 0 aliphatic heterocycles. The molecule has 1 atom stereocenters. The second-order valence-electron chi connectivity index (χ2n) is 3.26. The molecule has 0 heterocycles. The maximum Gasteiger partial charge on any atom is 0.149 e. The number of alkyl halides is 1. The Balaban J connectivity index is 2.53. The van der Waals surface area contributed by atoms with Gasteiger partial charge in [-0.25, -0.2) is 0 Å². The lowest BCUT2D eigenvalue weighted by molar-refractivity contribution is -0.104. The Bertz CT molecular complexity index is 245. The standard InChI is InChI=1S/C10H13ClO2/c11-7-1-4-10(13)5-2-9(8-12)3-6-10/h2-3,5,8,13H,1,4,6-7H2. The molecule has 0 aromatic rings. The Morgan fingerprint density at radius 1 is 1.69 bits per heavy atom. The molecule has 1 aliphatic rings. The van der Waals surface area contributed by atoms with Gasteiger partial charge in [-0.1, -0.05) is 18.2 Å². The van der Waals surface area contributed by atoms with Crippen molar-refractivity contribution in [1.29, 1.82) is 0 Å². The van der Waals surface area contributed by atoms with Crippen molar-refractivity contribution >= 4 is 17.9 Å². The minimum absolute atomic E-state index is 0.508. The number of carbonyl (C=O) groups is 1. The molecule has 13 heavy (non-hydrogen) atoms. The molecule has 0 amide bonds. The Kier molecular flexibility index (Phi) is 3.70. The number of halogens is 1. The lowest BCUT2D eigenvalue weighted by atomic mass is 9.88. The largest absolute Gasteiger partial charge is 0.385 e. The smallest absolute Gasteiger partial charge is 0.149 e. The molecule has 1 aliphatic carbocycles. The van der Waals surface area contributed by atoms with Crippen LogP contribution in [0.1, 0.15) is 19.3 Å². The molecule has 0 saturated carbocycles. The van der Waals surface area contributed by atoms with E-state index in [0.29, 0.717) is 24.3 Å². The van der Waals surface area contributed by atoms with E-state index in [1.54, 1.807) is 18.2 Å². The molecule has 0 radical (unpaired) electrons. The summed E-state index contributed by atoms with van der Waals surface area (Å²) < 4.78 is 0. The van der Waals surface area contributed by atoms with Crippen LogP contribution in [0.5, 0.6) is 0 Å². The normalized spacial score (nSPS) is 27.1. The van der Waals surface area contributed by atoms with Crippen LogP contribution in [-0.2, 0) is 4.79 Å². The topological polar surface area (TPSA) is 37.3 Å². The lowest BCUT2D eigenvalue weighted by Gasteiger charge is -2.25. The third-order valence-corrected chi connectivity index (χ3v) is 2.42. The predicted molar refractivity (Wildman–Crippen MR) is 52.8 cm³/mol. The van der Waals surface area contributed by atoms with E-state index in [9.17, 15) is 9.90 Å². The molecule has 1 rings (SSSR count). The Labute approximate surface area is 82.9 Å². The SMILES string of the molecule is O=CC1=CCC(O)(CCCCl)C=C1. The number of rotatable bonds is 4. The van der Waals surface area contributed by atoms with Crippen LogP contribution < -0.4 is 0 Å². The van der Waals surface area contributed by atoms with Gasteiger partial charge >= 0.3 is 0 Å². The van der Waals surface area contributed by atoms with Crippen molar-refractivity contribution in [2.24, 2.45) is 0 Å². The van der Waals surface area contributed by atoms with E-state index in [2.05, 4.69) is 0 Å². The first-order chi connectivity index (χ1) is 6.20. The van der Waals surface area contributed by atoms with E-state index in [1.807, 2.05) is 0 Å². The number of aliphatic hydroxyl groups is 1. The average molecular weight is 201 g/mol. The summed E-state index contributed by atoms with van der Waals surface area (Å²) in [6, 6.07) is 0. The van der Waals surface area contributed by atoms with Crippen LogP contribution in [0.15, 0.2) is 23.8 Å². The lowest BCUT2D eigenvalue weighted by Crippen LogP contribution is -2.27. The predicted octanol–water partition coefficient (Wildman–Crippen LogP) is 1.82. The van der Waals surface area contributed by atoms with Crippen LogP contribution in [0.4, 0.5) is 0 Å². The van der Waals surface area contributed by atoms with Crippen LogP contribution in [0.25, 0.3) is 0 Å². The zero-order valence-electron chi connectivity index (χ0n) is 7.37. The van der Waals surface area contributed by atoms with E-state index >= 15 is 0 Å². The third-order valence-electron chi connectivity index (χ3n) is 2.16. The minimum Gasteiger partial charge on any atom is -0.385 e. The summed E-state index contributed by atoms with van der Waals surface area (Å²) in [4.78, 5) is 10.4. The van der Waals surface area contributed by atoms with Crippen molar-refractivity contribution in [3.8, 4) is 0 Å². The van der Waals surface area contributed by atoms with Crippen molar-refractivity contribution in [2.45, 2.75) is 24.9 Å². The fraction of sp³-hybridized carbons (Fsp3) is 0.500. The molecule has 0 saturated heterocycles. The van der Waals surface area contributed by atoms with Crippen molar-refractivity contribution in [2.75, 3.05) is 5.88 Å². The van der Waals surface area contributed by atoms with Crippen LogP contribution in [0, 0.1) is 0 Å². The van der Waals surface area contributed by atoms with Crippen LogP contribution >= 0.6 is 11.6 Å². The van der Waals surface area contributed by atoms with Gasteiger partial charge in [-0.3, -0.25) is 4.79 Å². The molecular weight excluding hydrogens is 188 g/mol. The summed E-state index contributed by atoms with van der Waals surface area (Å²) in [7, 11) is 0. The molecular formula is C10H13ClO2. The second-order valence-corrected chi connectivity index (χ2v) is 3.63. The van der Waals surface area contributed by atoms with E-state index in [4.69, 9.17) is 11.6 Å². The maximum atomic E-state index is 10.4. The highest BCUT2D eigenvalue weighted by atomic mass is 35.5. The van der Waals surface area contributed by atoms with Gasteiger partial charge in [-0.2, -0.15) is 0 Å². The first kappa shape index (κ1) is 10.5. The first-order valence-corrected chi connectivity index (χ1v) is 4.86. The second kappa shape index (κ2) is 4.58. The highest BCUT2D eigenvalue weighted by Gasteiger charge is 2.23. The average Bonchev–Trinajstić information content (AvgIpc) is 2.16. The van der Waals surface area contributed by atoms with Gasteiger partial charge in [0.2, 0.25) is 0 Å². The number of hydrogen-bond acceptors (Lipinski definition) is 2. The highest BCUT2D eigenvalue weighted by molar-refractivity contribution is 6.17. The van der Waals surface area contributed by atoms with E-state index < -0.39 is 5.60 Å². The zero-order chi connectivity index (χ0) is 9.73. The van der Waals surface area contributed by atoms with E-state index in [0.717, 1.165) is 12.7 Å². The van der Waals surface area contributed by atoms with Crippen molar-refractivity contribution < 1.29 is 9.90 Å². The van der Waals surface area contributed by atoms with Crippen LogP contribution in [-0.4, -0.2) is 22.9 Å². The van der Waals surface area contributed by atoms with Crippen molar-refractivity contribution in [3.63, 3.8) is 0 Å². The molecule has 0 spiro atoms. The monoisotopic (exact) mass is 200 g/mol. The fourth-order valence-corrected chi connectivity index (χ4v) is 1.46. The zero-order valence-corrected chi connectivity index (χ0v) is 8.13. The summed E-state index contributed by atoms with van der Waals surface area (Å²) in [6.07, 6.45) is 7.82. The van der Waals surface area contributed by atoms with Crippen LogP contribution in [0.2, 0.25) is 0 Å². The molecule has 2 nitrogen and oxygen atoms in total. The molecule has 3 heteroatoms. The quantitative estimate of drug-likeness (QED) is 0.555. The summed E-state index contributed by atoms with van der Waals surface area (Å²) in [5, 5.41) is 9.91. The number of aldehydes is 1. The summed E-state index contributed by atoms with van der Waals surface area (Å²) in [5.74, 6) is 0.556. The first-order valence-electron chi connectivity index (χ1n) is 4.33. The maximum absolute atomic E-state index is 10.4. The summed E-state index contributed by atoms with van der Waals surface area (Å²) in [5.41, 5.74) is -0.156. The Hall–Kier alpha value is -0.600. The molecule has 1 N–H and O–H groups in total. The minimum atomic E-state index is -0.790. The molecule has 0 fully saturated rings. The van der Waals surface area contributed by atoms with Gasteiger partial charge in [0, 0.05) is 11.5 Å². The van der Waals surface area contributed by atoms with Gasteiger partial charge in [-0.05, 0) is 19.3 Å². The molecule has 72 valence electrons. The summed E-state index contributed by atoms with van der Waals surface area (Å²) >= 11 is 5.53. The number of allylic oxidation sites excluding steroid dienone is 2. The third kappa shape index (κ3) is 2.98. The molecule has 1 unspecified atom stereocenters. The van der Waals surface area contributed by atoms with E-state index in [1.165, 1.54) is 0 Å². The highest BCUT2D eigenvalue weighted by Crippen LogP contribution is 2.25. The molecule has 0 bridgehead atoms. The van der Waals surface area contributed by atoms with Gasteiger partial charge in [0.25, 0.3) is 0 Å².